The minimum Gasteiger partial charge on any atom is -0.367 e. The fourth-order valence-electron chi connectivity index (χ4n) is 3.55. The van der Waals surface area contributed by atoms with E-state index in [4.69, 9.17) is 16.6 Å². The number of carbonyl (C=O) groups excluding carboxylic acids is 2. The van der Waals surface area contributed by atoms with Crippen LogP contribution in [0.1, 0.15) is 36.0 Å². The maximum Gasteiger partial charge on any atom is 0.254 e. The van der Waals surface area contributed by atoms with Crippen molar-refractivity contribution in [3.05, 3.63) is 57.7 Å². The first kappa shape index (κ1) is 19.6. The minimum absolute atomic E-state index is 0.0648. The third-order valence-corrected chi connectivity index (χ3v) is 5.90. The van der Waals surface area contributed by atoms with Gasteiger partial charge in [0, 0.05) is 34.8 Å². The van der Waals surface area contributed by atoms with Crippen molar-refractivity contribution in [2.24, 2.45) is 0 Å². The summed E-state index contributed by atoms with van der Waals surface area (Å²) in [6, 6.07) is 8.19. The van der Waals surface area contributed by atoms with E-state index in [0.717, 1.165) is 34.8 Å². The number of halogens is 1. The van der Waals surface area contributed by atoms with Gasteiger partial charge in [0.15, 0.2) is 5.65 Å². The van der Waals surface area contributed by atoms with Crippen molar-refractivity contribution < 1.29 is 9.59 Å². The number of fused-ring (bicyclic) bond motifs is 1. The maximum absolute atomic E-state index is 12.0. The normalized spacial score (nSPS) is 17.4. The number of hydrogen-bond donors (Lipinski definition) is 3. The van der Waals surface area contributed by atoms with E-state index in [1.54, 1.807) is 16.8 Å². The molecular weight excluding hydrogens is 416 g/mol. The summed E-state index contributed by atoms with van der Waals surface area (Å²) in [5.74, 6) is 0.846. The van der Waals surface area contributed by atoms with Gasteiger partial charge in [-0.3, -0.25) is 14.9 Å². The summed E-state index contributed by atoms with van der Waals surface area (Å²) in [5.41, 5.74) is 3.81. The lowest BCUT2D eigenvalue weighted by Gasteiger charge is -2.13. The fourth-order valence-corrected chi connectivity index (χ4v) is 3.74. The molecule has 1 aliphatic heterocycles. The van der Waals surface area contributed by atoms with E-state index in [1.807, 2.05) is 31.2 Å². The van der Waals surface area contributed by atoms with Gasteiger partial charge in [0.2, 0.25) is 5.91 Å². The van der Waals surface area contributed by atoms with E-state index in [-0.39, 0.29) is 18.2 Å². The molecule has 0 unspecified atom stereocenters. The predicted octanol–water partition coefficient (Wildman–Crippen LogP) is 3.31. The van der Waals surface area contributed by atoms with Crippen molar-refractivity contribution in [2.45, 2.75) is 38.8 Å². The topological polar surface area (TPSA) is 100 Å². The minimum atomic E-state index is -0.369. The van der Waals surface area contributed by atoms with Crippen molar-refractivity contribution in [3.63, 3.8) is 0 Å². The predicted molar refractivity (Wildman–Crippen MR) is 119 cm³/mol. The van der Waals surface area contributed by atoms with Crippen molar-refractivity contribution in [1.82, 2.24) is 19.9 Å². The summed E-state index contributed by atoms with van der Waals surface area (Å²) < 4.78 is 1.73. The Morgan fingerprint density at radius 1 is 1.32 bits per heavy atom. The quantitative estimate of drug-likeness (QED) is 0.405. The van der Waals surface area contributed by atoms with Crippen LogP contribution in [0, 0.1) is 6.92 Å². The summed E-state index contributed by atoms with van der Waals surface area (Å²) in [6.45, 7) is 2.56. The smallest absolute Gasteiger partial charge is 0.254 e. The number of nitrogens with one attached hydrogen (secondary N) is 3. The molecule has 3 N–H and O–H groups in total. The lowest BCUT2D eigenvalue weighted by atomic mass is 10.1. The Balaban J connectivity index is 1.50. The SMILES string of the molecule is Cc1c(Cl)cccc1CNc1cc(NC2CC2)n2ncc(/C=C3\CC(=O)NC3=O)c2n1. The van der Waals surface area contributed by atoms with Gasteiger partial charge in [-0.05, 0) is 43.0 Å². The van der Waals surface area contributed by atoms with E-state index in [0.29, 0.717) is 35.2 Å². The molecule has 1 saturated heterocycles. The molecule has 2 fully saturated rings. The van der Waals surface area contributed by atoms with Crippen LogP contribution in [0.4, 0.5) is 11.6 Å². The number of rotatable bonds is 6. The van der Waals surface area contributed by atoms with Gasteiger partial charge >= 0.3 is 0 Å². The van der Waals surface area contributed by atoms with Gasteiger partial charge in [-0.15, -0.1) is 0 Å². The molecule has 9 heteroatoms. The molecule has 2 amide bonds. The zero-order valence-electron chi connectivity index (χ0n) is 16.9. The summed E-state index contributed by atoms with van der Waals surface area (Å²) in [4.78, 5) is 28.2. The number of nitrogens with zero attached hydrogens (tertiary/aromatic N) is 3. The largest absolute Gasteiger partial charge is 0.367 e. The molecule has 158 valence electrons. The first-order valence-corrected chi connectivity index (χ1v) is 10.5. The third kappa shape index (κ3) is 3.98. The van der Waals surface area contributed by atoms with E-state index in [1.165, 1.54) is 0 Å². The monoisotopic (exact) mass is 436 g/mol. The zero-order valence-corrected chi connectivity index (χ0v) is 17.7. The lowest BCUT2D eigenvalue weighted by Crippen LogP contribution is -2.19. The van der Waals surface area contributed by atoms with Crippen LogP contribution in [-0.4, -0.2) is 32.5 Å². The first-order valence-electron chi connectivity index (χ1n) is 10.2. The Labute approximate surface area is 183 Å². The molecule has 0 bridgehead atoms. The average molecular weight is 437 g/mol. The molecule has 8 nitrogen and oxygen atoms in total. The number of aromatic nitrogens is 3. The van der Waals surface area contributed by atoms with Crippen LogP contribution in [0.3, 0.4) is 0 Å². The standard InChI is InChI=1S/C22H21ClN6O2/c1-12-13(3-2-4-17(12)23)10-24-18-9-19(26-16-5-6-16)29-21(27-18)15(11-25-29)7-14-8-20(30)28-22(14)31/h2-4,7,9,11,16,26H,5-6,8,10H2,1H3,(H,24,27)(H,28,30,31)/b14-7+. The number of benzene rings is 1. The van der Waals surface area contributed by atoms with E-state index >= 15 is 0 Å². The second kappa shape index (κ2) is 7.70. The van der Waals surface area contributed by atoms with Crippen LogP contribution in [0.15, 0.2) is 36.0 Å². The second-order valence-corrected chi connectivity index (χ2v) is 8.29. The molecule has 0 atom stereocenters. The van der Waals surface area contributed by atoms with Crippen molar-refractivity contribution in [3.8, 4) is 0 Å². The van der Waals surface area contributed by atoms with Gasteiger partial charge in [-0.25, -0.2) is 4.98 Å². The van der Waals surface area contributed by atoms with Gasteiger partial charge in [-0.1, -0.05) is 23.7 Å². The number of amides is 2. The van der Waals surface area contributed by atoms with Crippen LogP contribution in [0.2, 0.25) is 5.02 Å². The van der Waals surface area contributed by atoms with Gasteiger partial charge in [0.1, 0.15) is 11.6 Å². The summed E-state index contributed by atoms with van der Waals surface area (Å²) in [7, 11) is 0. The highest BCUT2D eigenvalue weighted by Crippen LogP contribution is 2.28. The highest BCUT2D eigenvalue weighted by molar-refractivity contribution is 6.31. The Morgan fingerprint density at radius 3 is 2.90 bits per heavy atom. The molecule has 3 heterocycles. The Morgan fingerprint density at radius 2 is 2.16 bits per heavy atom. The van der Waals surface area contributed by atoms with Crippen LogP contribution in [0.25, 0.3) is 11.7 Å². The molecule has 0 spiro atoms. The Hall–Kier alpha value is -3.39. The van der Waals surface area contributed by atoms with Crippen molar-refractivity contribution in [2.75, 3.05) is 10.6 Å². The van der Waals surface area contributed by atoms with Gasteiger partial charge in [0.05, 0.1) is 12.6 Å². The Bertz CT molecular complexity index is 1240. The molecule has 2 aliphatic rings. The third-order valence-electron chi connectivity index (χ3n) is 5.49. The molecule has 1 aliphatic carbocycles. The first-order chi connectivity index (χ1) is 15.0. The summed E-state index contributed by atoms with van der Waals surface area (Å²) >= 11 is 6.24. The molecule has 2 aromatic heterocycles. The highest BCUT2D eigenvalue weighted by atomic mass is 35.5. The van der Waals surface area contributed by atoms with Crippen LogP contribution in [0.5, 0.6) is 0 Å². The van der Waals surface area contributed by atoms with E-state index in [2.05, 4.69) is 21.0 Å². The highest BCUT2D eigenvalue weighted by Gasteiger charge is 2.25. The van der Waals surface area contributed by atoms with E-state index < -0.39 is 0 Å². The lowest BCUT2D eigenvalue weighted by molar-refractivity contribution is -0.124. The van der Waals surface area contributed by atoms with Gasteiger partial charge in [-0.2, -0.15) is 9.61 Å². The Kier molecular flexibility index (Phi) is 4.86. The van der Waals surface area contributed by atoms with Crippen LogP contribution >= 0.6 is 11.6 Å². The molecule has 1 aromatic carbocycles. The molecule has 0 radical (unpaired) electrons. The molecule has 1 saturated carbocycles. The fraction of sp³-hybridized carbons (Fsp3) is 0.273. The van der Waals surface area contributed by atoms with Gasteiger partial charge in [0.25, 0.3) is 5.91 Å². The molecular formula is C22H21ClN6O2. The number of anilines is 2. The number of hydrogen-bond acceptors (Lipinski definition) is 6. The van der Waals surface area contributed by atoms with Crippen molar-refractivity contribution in [1.29, 1.82) is 0 Å². The van der Waals surface area contributed by atoms with Crippen molar-refractivity contribution >= 4 is 46.8 Å². The number of carbonyl (C=O) groups is 2. The van der Waals surface area contributed by atoms with Crippen LogP contribution < -0.4 is 16.0 Å². The molecule has 3 aromatic rings. The van der Waals surface area contributed by atoms with Gasteiger partial charge < -0.3 is 10.6 Å². The zero-order chi connectivity index (χ0) is 21.5. The molecule has 31 heavy (non-hydrogen) atoms. The second-order valence-electron chi connectivity index (χ2n) is 7.88. The molecule has 5 rings (SSSR count). The summed E-state index contributed by atoms with van der Waals surface area (Å²) in [6.07, 6.45) is 5.65. The maximum atomic E-state index is 12.0. The number of imide groups is 1. The van der Waals surface area contributed by atoms with E-state index in [9.17, 15) is 9.59 Å². The van der Waals surface area contributed by atoms with Crippen LogP contribution in [-0.2, 0) is 16.1 Å². The summed E-state index contributed by atoms with van der Waals surface area (Å²) in [5, 5.41) is 14.4. The average Bonchev–Trinajstić information content (AvgIpc) is 3.37.